The maximum Gasteiger partial charge on any atom is 0.407 e. The molecule has 2 N–H and O–H groups in total. The number of hydrogen-bond donors (Lipinski definition) is 2. The third kappa shape index (κ3) is 5.16. The Bertz CT molecular complexity index is 496. The third-order valence-electron chi connectivity index (χ3n) is 3.27. The Labute approximate surface area is 135 Å². The van der Waals surface area contributed by atoms with Gasteiger partial charge in [-0.1, -0.05) is 11.6 Å². The smallest absolute Gasteiger partial charge is 0.407 e. The second-order valence-electron chi connectivity index (χ2n) is 6.26. The lowest BCUT2D eigenvalue weighted by atomic mass is 9.94. The fourth-order valence-corrected chi connectivity index (χ4v) is 3.84. The lowest BCUT2D eigenvalue weighted by molar-refractivity contribution is 0.0528. The molecular formula is C15H23ClN2O2S. The van der Waals surface area contributed by atoms with Crippen LogP contribution in [0.2, 0.25) is 4.34 Å². The molecular weight excluding hydrogens is 308 g/mol. The number of fused-ring (bicyclic) bond motifs is 1. The van der Waals surface area contributed by atoms with Gasteiger partial charge in [-0.05, 0) is 51.7 Å². The first-order chi connectivity index (χ1) is 9.85. The molecule has 0 fully saturated rings. The van der Waals surface area contributed by atoms with Crippen LogP contribution in [0.15, 0.2) is 6.07 Å². The molecule has 0 aromatic carbocycles. The van der Waals surface area contributed by atoms with E-state index < -0.39 is 5.60 Å². The van der Waals surface area contributed by atoms with E-state index in [2.05, 4.69) is 16.7 Å². The van der Waals surface area contributed by atoms with E-state index in [1.54, 1.807) is 11.3 Å². The van der Waals surface area contributed by atoms with Gasteiger partial charge in [-0.25, -0.2) is 4.79 Å². The van der Waals surface area contributed by atoms with Crippen LogP contribution in [0.4, 0.5) is 4.79 Å². The molecule has 0 saturated heterocycles. The van der Waals surface area contributed by atoms with E-state index in [0.717, 1.165) is 23.7 Å². The second kappa shape index (κ2) is 6.99. The van der Waals surface area contributed by atoms with Crippen molar-refractivity contribution in [3.8, 4) is 0 Å². The van der Waals surface area contributed by atoms with E-state index >= 15 is 0 Å². The largest absolute Gasteiger partial charge is 0.444 e. The molecule has 118 valence electrons. The summed E-state index contributed by atoms with van der Waals surface area (Å²) in [6.45, 7) is 6.84. The minimum absolute atomic E-state index is 0.345. The summed E-state index contributed by atoms with van der Waals surface area (Å²) in [7, 11) is 0. The first kappa shape index (κ1) is 16.6. The first-order valence-electron chi connectivity index (χ1n) is 7.33. The van der Waals surface area contributed by atoms with Crippen LogP contribution in [-0.2, 0) is 11.2 Å². The fourth-order valence-electron chi connectivity index (χ4n) is 2.46. The summed E-state index contributed by atoms with van der Waals surface area (Å²) in [5.41, 5.74) is 0.872. The number of carbonyl (C=O) groups is 1. The van der Waals surface area contributed by atoms with Crippen LogP contribution in [0.3, 0.4) is 0 Å². The summed E-state index contributed by atoms with van der Waals surface area (Å²) >= 11 is 7.78. The molecule has 0 bridgehead atoms. The summed E-state index contributed by atoms with van der Waals surface area (Å²) in [5, 5.41) is 6.25. The lowest BCUT2D eigenvalue weighted by Gasteiger charge is -2.24. The quantitative estimate of drug-likeness (QED) is 0.823. The molecule has 1 amide bonds. The number of nitrogens with one attached hydrogen (secondary N) is 2. The van der Waals surface area contributed by atoms with Gasteiger partial charge in [0, 0.05) is 24.0 Å². The Kier molecular flexibility index (Phi) is 5.52. The molecule has 1 aliphatic rings. The topological polar surface area (TPSA) is 50.4 Å². The number of ether oxygens (including phenoxy) is 1. The maximum absolute atomic E-state index is 11.5. The SMILES string of the molecule is CC(C)(C)OC(=O)NCCNC1CCCc2sc(Cl)cc21. The van der Waals surface area contributed by atoms with Gasteiger partial charge in [0.05, 0.1) is 4.34 Å². The van der Waals surface area contributed by atoms with Crippen LogP contribution in [0.5, 0.6) is 0 Å². The molecule has 4 nitrogen and oxygen atoms in total. The van der Waals surface area contributed by atoms with E-state index in [1.807, 2.05) is 20.8 Å². The van der Waals surface area contributed by atoms with E-state index in [9.17, 15) is 4.79 Å². The average molecular weight is 331 g/mol. The molecule has 2 rings (SSSR count). The zero-order valence-electron chi connectivity index (χ0n) is 12.8. The number of hydrogen-bond acceptors (Lipinski definition) is 4. The van der Waals surface area contributed by atoms with Crippen LogP contribution in [0, 0.1) is 0 Å². The van der Waals surface area contributed by atoms with Crippen molar-refractivity contribution in [1.29, 1.82) is 0 Å². The minimum atomic E-state index is -0.455. The first-order valence-corrected chi connectivity index (χ1v) is 8.53. The van der Waals surface area contributed by atoms with E-state index in [1.165, 1.54) is 16.9 Å². The van der Waals surface area contributed by atoms with Crippen LogP contribution >= 0.6 is 22.9 Å². The van der Waals surface area contributed by atoms with Crippen molar-refractivity contribution in [2.24, 2.45) is 0 Å². The van der Waals surface area contributed by atoms with Gasteiger partial charge in [-0.15, -0.1) is 11.3 Å². The Morgan fingerprint density at radius 3 is 2.95 bits per heavy atom. The van der Waals surface area contributed by atoms with Gasteiger partial charge in [0.25, 0.3) is 0 Å². The summed E-state index contributed by atoms with van der Waals surface area (Å²) < 4.78 is 6.06. The highest BCUT2D eigenvalue weighted by Gasteiger charge is 2.22. The van der Waals surface area contributed by atoms with Gasteiger partial charge in [0.1, 0.15) is 5.60 Å². The number of alkyl carbamates (subject to hydrolysis) is 1. The molecule has 1 aromatic heterocycles. The Hall–Kier alpha value is -0.780. The van der Waals surface area contributed by atoms with Crippen molar-refractivity contribution in [2.45, 2.75) is 51.7 Å². The Balaban J connectivity index is 1.74. The molecule has 21 heavy (non-hydrogen) atoms. The van der Waals surface area contributed by atoms with Crippen LogP contribution in [-0.4, -0.2) is 24.8 Å². The predicted octanol–water partition coefficient (Wildman–Crippen LogP) is 3.89. The minimum Gasteiger partial charge on any atom is -0.444 e. The zero-order valence-corrected chi connectivity index (χ0v) is 14.4. The van der Waals surface area contributed by atoms with Crippen LogP contribution in [0.25, 0.3) is 0 Å². The van der Waals surface area contributed by atoms with Gasteiger partial charge in [0.15, 0.2) is 0 Å². The predicted molar refractivity (Wildman–Crippen MR) is 87.2 cm³/mol. The van der Waals surface area contributed by atoms with Crippen molar-refractivity contribution in [3.05, 3.63) is 20.8 Å². The van der Waals surface area contributed by atoms with Crippen molar-refractivity contribution in [2.75, 3.05) is 13.1 Å². The summed E-state index contributed by atoms with van der Waals surface area (Å²) in [6.07, 6.45) is 3.06. The molecule has 1 aromatic rings. The van der Waals surface area contributed by atoms with Crippen molar-refractivity contribution in [1.82, 2.24) is 10.6 Å². The third-order valence-corrected chi connectivity index (χ3v) is 4.61. The molecule has 1 heterocycles. The van der Waals surface area contributed by atoms with Crippen LogP contribution < -0.4 is 10.6 Å². The Morgan fingerprint density at radius 2 is 2.24 bits per heavy atom. The summed E-state index contributed by atoms with van der Waals surface area (Å²) in [5.74, 6) is 0. The molecule has 0 spiro atoms. The summed E-state index contributed by atoms with van der Waals surface area (Å²) in [4.78, 5) is 12.9. The van der Waals surface area contributed by atoms with Gasteiger partial charge in [-0.3, -0.25) is 0 Å². The number of halogens is 1. The second-order valence-corrected chi connectivity index (χ2v) is 8.02. The highest BCUT2D eigenvalue weighted by molar-refractivity contribution is 7.16. The summed E-state index contributed by atoms with van der Waals surface area (Å²) in [6, 6.07) is 2.41. The van der Waals surface area contributed by atoms with Gasteiger partial charge >= 0.3 is 6.09 Å². The van der Waals surface area contributed by atoms with Gasteiger partial charge in [-0.2, -0.15) is 0 Å². The number of carbonyl (C=O) groups excluding carboxylic acids is 1. The number of thiophene rings is 1. The van der Waals surface area contributed by atoms with Crippen molar-refractivity contribution < 1.29 is 9.53 Å². The molecule has 0 aliphatic heterocycles. The van der Waals surface area contributed by atoms with E-state index in [4.69, 9.17) is 16.3 Å². The van der Waals surface area contributed by atoms with Gasteiger partial charge in [0.2, 0.25) is 0 Å². The number of rotatable bonds is 4. The molecule has 0 saturated carbocycles. The van der Waals surface area contributed by atoms with Crippen LogP contribution in [0.1, 0.15) is 50.1 Å². The van der Waals surface area contributed by atoms with Crippen molar-refractivity contribution in [3.63, 3.8) is 0 Å². The normalized spacial score (nSPS) is 18.2. The maximum atomic E-state index is 11.5. The van der Waals surface area contributed by atoms with Gasteiger partial charge < -0.3 is 15.4 Å². The monoisotopic (exact) mass is 330 g/mol. The Morgan fingerprint density at radius 1 is 1.48 bits per heavy atom. The highest BCUT2D eigenvalue weighted by atomic mass is 35.5. The lowest BCUT2D eigenvalue weighted by Crippen LogP contribution is -2.37. The fraction of sp³-hybridized carbons (Fsp3) is 0.667. The molecule has 6 heteroatoms. The molecule has 1 atom stereocenters. The average Bonchev–Trinajstić information content (AvgIpc) is 2.73. The number of aryl methyl sites for hydroxylation is 1. The van der Waals surface area contributed by atoms with E-state index in [-0.39, 0.29) is 6.09 Å². The van der Waals surface area contributed by atoms with Crippen molar-refractivity contribution >= 4 is 29.0 Å². The zero-order chi connectivity index (χ0) is 15.5. The number of amides is 1. The molecule has 1 unspecified atom stereocenters. The van der Waals surface area contributed by atoms with E-state index in [0.29, 0.717) is 12.6 Å². The standard InChI is InChI=1S/C15H23ClN2O2S/c1-15(2,3)20-14(19)18-8-7-17-11-5-4-6-12-10(11)9-13(16)21-12/h9,11,17H,4-8H2,1-3H3,(H,18,19). The highest BCUT2D eigenvalue weighted by Crippen LogP contribution is 2.37. The molecule has 0 radical (unpaired) electrons. The molecule has 1 aliphatic carbocycles.